The minimum Gasteiger partial charge on any atom is -0.382 e. The van der Waals surface area contributed by atoms with E-state index in [0.29, 0.717) is 0 Å². The fourth-order valence-electron chi connectivity index (χ4n) is 2.24. The zero-order valence-corrected chi connectivity index (χ0v) is 11.4. The highest BCUT2D eigenvalue weighted by atomic mass is 16.5. The number of carbonyl (C=O) groups excluding carboxylic acids is 1. The largest absolute Gasteiger partial charge is 0.382 e. The summed E-state index contributed by atoms with van der Waals surface area (Å²) in [6.45, 7) is 8.50. The third-order valence-corrected chi connectivity index (χ3v) is 3.23. The van der Waals surface area contributed by atoms with Crippen molar-refractivity contribution in [3.8, 4) is 0 Å². The molecule has 4 heteroatoms. The molecule has 0 radical (unpaired) electrons. The lowest BCUT2D eigenvalue weighted by atomic mass is 10.1. The Balaban J connectivity index is 2.31. The predicted octanol–water partition coefficient (Wildman–Crippen LogP) is 1.75. The van der Waals surface area contributed by atoms with E-state index in [2.05, 4.69) is 19.2 Å². The molecule has 0 aromatic carbocycles. The summed E-state index contributed by atoms with van der Waals surface area (Å²) < 4.78 is 5.30. The Hall–Kier alpha value is -0.610. The molecule has 2 atom stereocenters. The molecule has 1 aliphatic rings. The topological polar surface area (TPSA) is 41.6 Å². The molecular weight excluding hydrogens is 216 g/mol. The summed E-state index contributed by atoms with van der Waals surface area (Å²) in [5.74, 6) is 0.266. The fraction of sp³-hybridized carbons (Fsp3) is 0.923. The lowest BCUT2D eigenvalue weighted by Gasteiger charge is -2.20. The van der Waals surface area contributed by atoms with E-state index in [9.17, 15) is 4.79 Å². The molecule has 4 nitrogen and oxygen atoms in total. The van der Waals surface area contributed by atoms with Crippen LogP contribution in [-0.2, 0) is 9.53 Å². The summed E-state index contributed by atoms with van der Waals surface area (Å²) in [4.78, 5) is 14.1. The van der Waals surface area contributed by atoms with Gasteiger partial charge in [0.2, 0.25) is 5.91 Å². The van der Waals surface area contributed by atoms with Gasteiger partial charge in [-0.05, 0) is 26.7 Å². The second-order valence-corrected chi connectivity index (χ2v) is 4.62. The number of nitrogens with zero attached hydrogens (tertiary/aromatic N) is 1. The van der Waals surface area contributed by atoms with Crippen molar-refractivity contribution in [2.45, 2.75) is 58.7 Å². The molecule has 1 heterocycles. The fourth-order valence-corrected chi connectivity index (χ4v) is 2.24. The van der Waals surface area contributed by atoms with Crippen LogP contribution in [-0.4, -0.2) is 42.8 Å². The first-order valence-electron chi connectivity index (χ1n) is 6.85. The molecule has 1 fully saturated rings. The molecular formula is C13H26N2O2. The van der Waals surface area contributed by atoms with Gasteiger partial charge in [0.05, 0.1) is 12.2 Å². The second kappa shape index (κ2) is 7.67. The van der Waals surface area contributed by atoms with Crippen LogP contribution in [0, 0.1) is 0 Å². The number of rotatable bonds is 8. The van der Waals surface area contributed by atoms with Crippen LogP contribution >= 0.6 is 0 Å². The number of amides is 1. The number of hydrogen-bond acceptors (Lipinski definition) is 3. The molecule has 0 aromatic rings. The van der Waals surface area contributed by atoms with Crippen molar-refractivity contribution in [3.63, 3.8) is 0 Å². The standard InChI is InChI=1S/C13H26N2O2/c1-4-6-8-12-13(16)15(11(3)14-12)9-7-10-17-5-2/h11-12,14H,4-10H2,1-3H3. The molecule has 2 unspecified atom stereocenters. The lowest BCUT2D eigenvalue weighted by molar-refractivity contribution is -0.130. The Bertz CT molecular complexity index is 233. The second-order valence-electron chi connectivity index (χ2n) is 4.62. The van der Waals surface area contributed by atoms with Gasteiger partial charge in [0.25, 0.3) is 0 Å². The third-order valence-electron chi connectivity index (χ3n) is 3.23. The van der Waals surface area contributed by atoms with Crippen LogP contribution in [0.3, 0.4) is 0 Å². The van der Waals surface area contributed by atoms with Crippen LogP contribution in [0.5, 0.6) is 0 Å². The van der Waals surface area contributed by atoms with Gasteiger partial charge in [0.15, 0.2) is 0 Å². The molecule has 1 rings (SSSR count). The van der Waals surface area contributed by atoms with E-state index in [1.165, 1.54) is 0 Å². The first-order valence-corrected chi connectivity index (χ1v) is 6.85. The van der Waals surface area contributed by atoms with E-state index in [1.54, 1.807) is 0 Å². The number of hydrogen-bond donors (Lipinski definition) is 1. The van der Waals surface area contributed by atoms with E-state index in [1.807, 2.05) is 11.8 Å². The maximum absolute atomic E-state index is 12.1. The molecule has 0 saturated carbocycles. The van der Waals surface area contributed by atoms with Crippen LogP contribution in [0.2, 0.25) is 0 Å². The van der Waals surface area contributed by atoms with Crippen LogP contribution in [0.25, 0.3) is 0 Å². The molecule has 1 aliphatic heterocycles. The monoisotopic (exact) mass is 242 g/mol. The summed E-state index contributed by atoms with van der Waals surface area (Å²) in [6, 6.07) is 0.0389. The van der Waals surface area contributed by atoms with E-state index in [-0.39, 0.29) is 18.1 Å². The van der Waals surface area contributed by atoms with Gasteiger partial charge in [0.1, 0.15) is 0 Å². The molecule has 1 N–H and O–H groups in total. The molecule has 0 spiro atoms. The van der Waals surface area contributed by atoms with E-state index in [0.717, 1.165) is 45.4 Å². The Morgan fingerprint density at radius 2 is 2.12 bits per heavy atom. The normalized spacial score (nSPS) is 24.6. The van der Waals surface area contributed by atoms with Crippen LogP contribution in [0.4, 0.5) is 0 Å². The number of unbranched alkanes of at least 4 members (excludes halogenated alkanes) is 1. The maximum Gasteiger partial charge on any atom is 0.241 e. The lowest BCUT2D eigenvalue weighted by Crippen LogP contribution is -2.35. The van der Waals surface area contributed by atoms with E-state index in [4.69, 9.17) is 4.74 Å². The van der Waals surface area contributed by atoms with Crippen molar-refractivity contribution in [1.29, 1.82) is 0 Å². The maximum atomic E-state index is 12.1. The Labute approximate surface area is 105 Å². The summed E-state index contributed by atoms with van der Waals surface area (Å²) in [5, 5.41) is 3.36. The molecule has 1 saturated heterocycles. The number of ether oxygens (including phenoxy) is 1. The molecule has 100 valence electrons. The first kappa shape index (κ1) is 14.5. The van der Waals surface area contributed by atoms with E-state index < -0.39 is 0 Å². The zero-order valence-electron chi connectivity index (χ0n) is 11.4. The van der Waals surface area contributed by atoms with Crippen LogP contribution in [0.1, 0.15) is 46.5 Å². The molecule has 0 bridgehead atoms. The SMILES string of the molecule is CCCCC1NC(C)N(CCCOCC)C1=O. The van der Waals surface area contributed by atoms with E-state index >= 15 is 0 Å². The van der Waals surface area contributed by atoms with Crippen molar-refractivity contribution < 1.29 is 9.53 Å². The number of nitrogens with one attached hydrogen (secondary N) is 1. The van der Waals surface area contributed by atoms with Crippen LogP contribution < -0.4 is 5.32 Å². The van der Waals surface area contributed by atoms with Crippen molar-refractivity contribution in [1.82, 2.24) is 10.2 Å². The summed E-state index contributed by atoms with van der Waals surface area (Å²) in [5.41, 5.74) is 0. The number of carbonyl (C=O) groups is 1. The highest BCUT2D eigenvalue weighted by Gasteiger charge is 2.35. The smallest absolute Gasteiger partial charge is 0.241 e. The summed E-state index contributed by atoms with van der Waals surface area (Å²) >= 11 is 0. The zero-order chi connectivity index (χ0) is 12.7. The highest BCUT2D eigenvalue weighted by molar-refractivity contribution is 5.84. The summed E-state index contributed by atoms with van der Waals surface area (Å²) in [6.07, 6.45) is 4.31. The molecule has 17 heavy (non-hydrogen) atoms. The van der Waals surface area contributed by atoms with Gasteiger partial charge in [-0.15, -0.1) is 0 Å². The molecule has 0 aliphatic carbocycles. The Morgan fingerprint density at radius 1 is 1.35 bits per heavy atom. The minimum atomic E-state index is 0.0389. The average molecular weight is 242 g/mol. The summed E-state index contributed by atoms with van der Waals surface area (Å²) in [7, 11) is 0. The van der Waals surface area contributed by atoms with Crippen molar-refractivity contribution in [3.05, 3.63) is 0 Å². The minimum absolute atomic E-state index is 0.0389. The van der Waals surface area contributed by atoms with Gasteiger partial charge in [-0.2, -0.15) is 0 Å². The molecule has 0 aromatic heterocycles. The highest BCUT2D eigenvalue weighted by Crippen LogP contribution is 2.15. The van der Waals surface area contributed by atoms with Gasteiger partial charge >= 0.3 is 0 Å². The van der Waals surface area contributed by atoms with Crippen molar-refractivity contribution in [2.24, 2.45) is 0 Å². The predicted molar refractivity (Wildman–Crippen MR) is 68.7 cm³/mol. The third kappa shape index (κ3) is 4.28. The van der Waals surface area contributed by atoms with Gasteiger partial charge < -0.3 is 9.64 Å². The average Bonchev–Trinajstić information content (AvgIpc) is 2.58. The van der Waals surface area contributed by atoms with Crippen molar-refractivity contribution in [2.75, 3.05) is 19.8 Å². The Morgan fingerprint density at radius 3 is 2.76 bits per heavy atom. The molecule has 1 amide bonds. The quantitative estimate of drug-likeness (QED) is 0.659. The first-order chi connectivity index (χ1) is 8.20. The Kier molecular flexibility index (Phi) is 6.52. The van der Waals surface area contributed by atoms with Gasteiger partial charge in [-0.3, -0.25) is 10.1 Å². The van der Waals surface area contributed by atoms with Gasteiger partial charge in [-0.1, -0.05) is 19.8 Å². The van der Waals surface area contributed by atoms with Crippen LogP contribution in [0.15, 0.2) is 0 Å². The van der Waals surface area contributed by atoms with Gasteiger partial charge in [-0.25, -0.2) is 0 Å². The van der Waals surface area contributed by atoms with Gasteiger partial charge in [0, 0.05) is 19.8 Å². The van der Waals surface area contributed by atoms with Crippen molar-refractivity contribution >= 4 is 5.91 Å².